The highest BCUT2D eigenvalue weighted by Crippen LogP contribution is 2.12. The Labute approximate surface area is 127 Å². The van der Waals surface area contributed by atoms with Gasteiger partial charge < -0.3 is 15.4 Å². The second-order valence-electron chi connectivity index (χ2n) is 6.12. The van der Waals surface area contributed by atoms with E-state index < -0.39 is 11.5 Å². The Morgan fingerprint density at radius 3 is 2.24 bits per heavy atom. The molecule has 122 valence electrons. The van der Waals surface area contributed by atoms with E-state index in [1.807, 2.05) is 0 Å². The van der Waals surface area contributed by atoms with E-state index in [1.165, 1.54) is 7.11 Å². The fraction of sp³-hybridized carbons (Fsp3) is 0.800. The maximum absolute atomic E-state index is 11.8. The van der Waals surface area contributed by atoms with Crippen LogP contribution in [0.25, 0.3) is 0 Å². The van der Waals surface area contributed by atoms with Crippen LogP contribution in [0, 0.1) is 5.41 Å². The lowest BCUT2D eigenvalue weighted by molar-refractivity contribution is -0.140. The molecular weight excluding hydrogens is 272 g/mol. The normalized spacial score (nSPS) is 12.4. The summed E-state index contributed by atoms with van der Waals surface area (Å²) in [4.78, 5) is 34.4. The largest absolute Gasteiger partial charge is 0.469 e. The van der Waals surface area contributed by atoms with E-state index >= 15 is 0 Å². The van der Waals surface area contributed by atoms with Crippen LogP contribution in [0.15, 0.2) is 0 Å². The number of hydrogen-bond acceptors (Lipinski definition) is 4. The van der Waals surface area contributed by atoms with Crippen molar-refractivity contribution in [1.29, 1.82) is 0 Å². The monoisotopic (exact) mass is 300 g/mol. The minimum Gasteiger partial charge on any atom is -0.469 e. The van der Waals surface area contributed by atoms with Crippen LogP contribution < -0.4 is 10.6 Å². The standard InChI is InChI=1S/C15H28N2O4/c1-11(17-14(20)15(2,3)4)13(19)16-10-8-6-7-9-12(18)21-5/h11H,6-10H2,1-5H3,(H,16,19)(H,17,20). The van der Waals surface area contributed by atoms with E-state index in [1.54, 1.807) is 27.7 Å². The summed E-state index contributed by atoms with van der Waals surface area (Å²) in [5.41, 5.74) is -0.511. The molecular formula is C15H28N2O4. The summed E-state index contributed by atoms with van der Waals surface area (Å²) in [6.45, 7) is 7.60. The van der Waals surface area contributed by atoms with E-state index in [-0.39, 0.29) is 17.8 Å². The maximum Gasteiger partial charge on any atom is 0.305 e. The van der Waals surface area contributed by atoms with Gasteiger partial charge in [0.15, 0.2) is 0 Å². The lowest BCUT2D eigenvalue weighted by atomic mass is 9.95. The molecule has 0 radical (unpaired) electrons. The van der Waals surface area contributed by atoms with Gasteiger partial charge in [0.05, 0.1) is 7.11 Å². The molecule has 0 saturated carbocycles. The van der Waals surface area contributed by atoms with Crippen molar-refractivity contribution in [1.82, 2.24) is 10.6 Å². The fourth-order valence-electron chi connectivity index (χ4n) is 1.52. The van der Waals surface area contributed by atoms with E-state index in [9.17, 15) is 14.4 Å². The number of hydrogen-bond donors (Lipinski definition) is 2. The average Bonchev–Trinajstić information content (AvgIpc) is 2.40. The Bertz CT molecular complexity index is 361. The Kier molecular flexibility index (Phi) is 8.66. The zero-order valence-electron chi connectivity index (χ0n) is 13.7. The third kappa shape index (κ3) is 9.05. The van der Waals surface area contributed by atoms with Gasteiger partial charge in [-0.3, -0.25) is 14.4 Å². The van der Waals surface area contributed by atoms with Crippen LogP contribution in [0.1, 0.15) is 53.4 Å². The molecule has 0 bridgehead atoms. The molecule has 0 aromatic heterocycles. The van der Waals surface area contributed by atoms with E-state index in [2.05, 4.69) is 15.4 Å². The van der Waals surface area contributed by atoms with Crippen molar-refractivity contribution in [2.45, 2.75) is 59.4 Å². The van der Waals surface area contributed by atoms with Crippen LogP contribution in [0.5, 0.6) is 0 Å². The van der Waals surface area contributed by atoms with E-state index in [4.69, 9.17) is 0 Å². The van der Waals surface area contributed by atoms with Crippen molar-refractivity contribution < 1.29 is 19.1 Å². The molecule has 0 aromatic rings. The zero-order chi connectivity index (χ0) is 16.5. The third-order valence-electron chi connectivity index (χ3n) is 3.01. The molecule has 2 amide bonds. The minimum atomic E-state index is -0.549. The molecule has 0 aliphatic rings. The fourth-order valence-corrected chi connectivity index (χ4v) is 1.52. The van der Waals surface area contributed by atoms with Gasteiger partial charge in [-0.2, -0.15) is 0 Å². The van der Waals surface area contributed by atoms with Gasteiger partial charge in [0, 0.05) is 18.4 Å². The van der Waals surface area contributed by atoms with Crippen LogP contribution in [0.3, 0.4) is 0 Å². The van der Waals surface area contributed by atoms with Crippen LogP contribution in [-0.2, 0) is 19.1 Å². The first-order valence-electron chi connectivity index (χ1n) is 7.34. The molecule has 21 heavy (non-hydrogen) atoms. The first-order valence-corrected chi connectivity index (χ1v) is 7.34. The molecule has 1 atom stereocenters. The van der Waals surface area contributed by atoms with Crippen molar-refractivity contribution in [3.8, 4) is 0 Å². The Hall–Kier alpha value is -1.59. The molecule has 2 N–H and O–H groups in total. The second kappa shape index (κ2) is 9.37. The lowest BCUT2D eigenvalue weighted by Gasteiger charge is -2.21. The predicted molar refractivity (Wildman–Crippen MR) is 80.6 cm³/mol. The molecule has 0 fully saturated rings. The highest BCUT2D eigenvalue weighted by molar-refractivity contribution is 5.89. The Balaban J connectivity index is 3.79. The van der Waals surface area contributed by atoms with Crippen molar-refractivity contribution in [3.63, 3.8) is 0 Å². The number of methoxy groups -OCH3 is 1. The smallest absolute Gasteiger partial charge is 0.305 e. The minimum absolute atomic E-state index is 0.150. The summed E-state index contributed by atoms with van der Waals surface area (Å²) in [5.74, 6) is -0.554. The topological polar surface area (TPSA) is 84.5 Å². The summed E-state index contributed by atoms with van der Waals surface area (Å²) in [5, 5.41) is 5.45. The molecule has 6 nitrogen and oxygen atoms in total. The summed E-state index contributed by atoms with van der Waals surface area (Å²) in [6.07, 6.45) is 2.79. The van der Waals surface area contributed by atoms with Gasteiger partial charge in [0.1, 0.15) is 6.04 Å². The summed E-state index contributed by atoms with van der Waals surface area (Å²) < 4.78 is 4.54. The SMILES string of the molecule is COC(=O)CCCCCNC(=O)C(C)NC(=O)C(C)(C)C. The Morgan fingerprint density at radius 1 is 1.10 bits per heavy atom. The second-order valence-corrected chi connectivity index (χ2v) is 6.12. The maximum atomic E-state index is 11.8. The molecule has 0 rings (SSSR count). The molecule has 0 saturated heterocycles. The first-order chi connectivity index (χ1) is 9.68. The quantitative estimate of drug-likeness (QED) is 0.524. The van der Waals surface area contributed by atoms with Crippen molar-refractivity contribution >= 4 is 17.8 Å². The number of ether oxygens (including phenoxy) is 1. The van der Waals surface area contributed by atoms with Crippen molar-refractivity contribution in [3.05, 3.63) is 0 Å². The molecule has 0 spiro atoms. The van der Waals surface area contributed by atoms with Crippen molar-refractivity contribution in [2.75, 3.05) is 13.7 Å². The highest BCUT2D eigenvalue weighted by atomic mass is 16.5. The molecule has 0 heterocycles. The van der Waals surface area contributed by atoms with Gasteiger partial charge in [0.25, 0.3) is 0 Å². The van der Waals surface area contributed by atoms with Gasteiger partial charge in [-0.05, 0) is 19.8 Å². The molecule has 6 heteroatoms. The van der Waals surface area contributed by atoms with Gasteiger partial charge in [0.2, 0.25) is 11.8 Å². The van der Waals surface area contributed by atoms with Gasteiger partial charge in [-0.1, -0.05) is 27.2 Å². The van der Waals surface area contributed by atoms with Crippen LogP contribution in [0.4, 0.5) is 0 Å². The summed E-state index contributed by atoms with van der Waals surface area (Å²) in [6, 6.07) is -0.549. The molecule has 1 unspecified atom stereocenters. The lowest BCUT2D eigenvalue weighted by Crippen LogP contribution is -2.48. The highest BCUT2D eigenvalue weighted by Gasteiger charge is 2.24. The Morgan fingerprint density at radius 2 is 1.71 bits per heavy atom. The average molecular weight is 300 g/mol. The van der Waals surface area contributed by atoms with Gasteiger partial charge in [-0.15, -0.1) is 0 Å². The van der Waals surface area contributed by atoms with Gasteiger partial charge in [-0.25, -0.2) is 0 Å². The van der Waals surface area contributed by atoms with Crippen LogP contribution >= 0.6 is 0 Å². The number of rotatable bonds is 8. The molecule has 0 aliphatic heterocycles. The molecule has 0 aliphatic carbocycles. The number of esters is 1. The summed E-state index contributed by atoms with van der Waals surface area (Å²) in [7, 11) is 1.37. The first kappa shape index (κ1) is 19.4. The number of unbranched alkanes of at least 4 members (excludes halogenated alkanes) is 2. The van der Waals surface area contributed by atoms with Crippen LogP contribution in [-0.4, -0.2) is 37.5 Å². The summed E-state index contributed by atoms with van der Waals surface area (Å²) >= 11 is 0. The number of carbonyl (C=O) groups excluding carboxylic acids is 3. The van der Waals surface area contributed by atoms with Crippen molar-refractivity contribution in [2.24, 2.45) is 5.41 Å². The van der Waals surface area contributed by atoms with Gasteiger partial charge >= 0.3 is 5.97 Å². The molecule has 0 aromatic carbocycles. The number of amides is 2. The number of nitrogens with one attached hydrogen (secondary N) is 2. The van der Waals surface area contributed by atoms with E-state index in [0.717, 1.165) is 19.3 Å². The predicted octanol–water partition coefficient (Wildman–Crippen LogP) is 1.39. The number of carbonyl (C=O) groups is 3. The van der Waals surface area contributed by atoms with Crippen LogP contribution in [0.2, 0.25) is 0 Å². The zero-order valence-corrected chi connectivity index (χ0v) is 13.7. The third-order valence-corrected chi connectivity index (χ3v) is 3.01. The van der Waals surface area contributed by atoms with E-state index in [0.29, 0.717) is 13.0 Å².